The quantitative estimate of drug-likeness (QED) is 0.842. The minimum absolute atomic E-state index is 0. The van der Waals surface area contributed by atoms with Gasteiger partial charge in [0.1, 0.15) is 0 Å². The Labute approximate surface area is 137 Å². The van der Waals surface area contributed by atoms with E-state index in [1.165, 1.54) is 0 Å². The van der Waals surface area contributed by atoms with Gasteiger partial charge < -0.3 is 5.73 Å². The summed E-state index contributed by atoms with van der Waals surface area (Å²) in [4.78, 5) is 4.29. The Kier molecular flexibility index (Phi) is 6.74. The summed E-state index contributed by atoms with van der Waals surface area (Å²) in [6, 6.07) is 6.62. The Morgan fingerprint density at radius 1 is 1.27 bits per heavy atom. The molecule has 0 aliphatic rings. The molecule has 2 aromatic rings. The van der Waals surface area contributed by atoms with E-state index in [1.54, 1.807) is 30.6 Å². The van der Waals surface area contributed by atoms with Crippen LogP contribution in [0.1, 0.15) is 20.3 Å². The molecule has 1 atom stereocenters. The number of nitrogens with zero attached hydrogens (tertiary/aromatic N) is 1. The lowest BCUT2D eigenvalue weighted by Crippen LogP contribution is -2.41. The van der Waals surface area contributed by atoms with Crippen LogP contribution in [0.3, 0.4) is 0 Å². The molecule has 7 heteroatoms. The zero-order chi connectivity index (χ0) is 15.5. The molecule has 0 radical (unpaired) electrons. The van der Waals surface area contributed by atoms with Gasteiger partial charge in [-0.25, -0.2) is 13.1 Å². The summed E-state index contributed by atoms with van der Waals surface area (Å²) >= 11 is 0. The lowest BCUT2D eigenvalue weighted by molar-refractivity contribution is 0.465. The summed E-state index contributed by atoms with van der Waals surface area (Å²) in [5, 5.41) is 1.47. The van der Waals surface area contributed by atoms with Gasteiger partial charge in [0.05, 0.1) is 4.90 Å². The van der Waals surface area contributed by atoms with E-state index in [1.807, 2.05) is 19.9 Å². The van der Waals surface area contributed by atoms with Gasteiger partial charge in [0.15, 0.2) is 0 Å². The Morgan fingerprint density at radius 3 is 2.64 bits per heavy atom. The molecule has 1 aromatic carbocycles. The van der Waals surface area contributed by atoms with Gasteiger partial charge in [-0.2, -0.15) is 0 Å². The number of halogens is 1. The molecule has 122 valence electrons. The van der Waals surface area contributed by atoms with Gasteiger partial charge in [0.2, 0.25) is 10.0 Å². The molecule has 0 amide bonds. The Balaban J connectivity index is 0.00000242. The zero-order valence-corrected chi connectivity index (χ0v) is 14.3. The highest BCUT2D eigenvalue weighted by molar-refractivity contribution is 7.89. The Morgan fingerprint density at radius 2 is 2.00 bits per heavy atom. The molecule has 3 N–H and O–H groups in total. The number of rotatable bonds is 6. The highest BCUT2D eigenvalue weighted by Gasteiger charge is 2.21. The van der Waals surface area contributed by atoms with E-state index in [4.69, 9.17) is 5.73 Å². The fourth-order valence-electron chi connectivity index (χ4n) is 2.37. The van der Waals surface area contributed by atoms with Crippen LogP contribution >= 0.6 is 12.4 Å². The lowest BCUT2D eigenvalue weighted by atomic mass is 10.1. The summed E-state index contributed by atoms with van der Waals surface area (Å²) in [5.74, 6) is 0.373. The highest BCUT2D eigenvalue weighted by Crippen LogP contribution is 2.22. The maximum absolute atomic E-state index is 12.6. The normalized spacial score (nSPS) is 13.1. The fourth-order valence-corrected chi connectivity index (χ4v) is 3.86. The van der Waals surface area contributed by atoms with Crippen molar-refractivity contribution >= 4 is 33.2 Å². The predicted molar refractivity (Wildman–Crippen MR) is 91.6 cm³/mol. The second-order valence-corrected chi connectivity index (χ2v) is 7.22. The molecule has 5 nitrogen and oxygen atoms in total. The number of hydrogen-bond acceptors (Lipinski definition) is 4. The topological polar surface area (TPSA) is 85.1 Å². The van der Waals surface area contributed by atoms with Gasteiger partial charge in [-0.15, -0.1) is 12.4 Å². The van der Waals surface area contributed by atoms with E-state index in [2.05, 4.69) is 9.71 Å². The summed E-state index contributed by atoms with van der Waals surface area (Å²) in [6.45, 7) is 4.37. The first-order chi connectivity index (χ1) is 9.94. The molecule has 0 saturated heterocycles. The number of sulfonamides is 1. The first-order valence-electron chi connectivity index (χ1n) is 6.99. The summed E-state index contributed by atoms with van der Waals surface area (Å²) < 4.78 is 27.9. The first kappa shape index (κ1) is 18.8. The van der Waals surface area contributed by atoms with Gasteiger partial charge in [0.25, 0.3) is 0 Å². The van der Waals surface area contributed by atoms with Crippen LogP contribution in [0, 0.1) is 5.92 Å². The monoisotopic (exact) mass is 343 g/mol. The van der Waals surface area contributed by atoms with Crippen molar-refractivity contribution in [1.82, 2.24) is 9.71 Å². The SMILES string of the molecule is CC(C)CC(CN)NS(=O)(=O)c1cccc2cnccc12.Cl. The van der Waals surface area contributed by atoms with Gasteiger partial charge in [-0.1, -0.05) is 26.0 Å². The van der Waals surface area contributed by atoms with Crippen molar-refractivity contribution in [3.8, 4) is 0 Å². The van der Waals surface area contributed by atoms with Crippen LogP contribution in [0.2, 0.25) is 0 Å². The van der Waals surface area contributed by atoms with Crippen LogP contribution in [-0.4, -0.2) is 26.0 Å². The second kappa shape index (κ2) is 7.87. The van der Waals surface area contributed by atoms with E-state index in [-0.39, 0.29) is 29.9 Å². The average Bonchev–Trinajstić information content (AvgIpc) is 2.45. The minimum Gasteiger partial charge on any atom is -0.329 e. The molecule has 0 spiro atoms. The van der Waals surface area contributed by atoms with Crippen LogP contribution in [0.4, 0.5) is 0 Å². The van der Waals surface area contributed by atoms with Crippen molar-refractivity contribution in [1.29, 1.82) is 0 Å². The van der Waals surface area contributed by atoms with Gasteiger partial charge >= 0.3 is 0 Å². The van der Waals surface area contributed by atoms with Gasteiger partial charge in [-0.05, 0) is 24.5 Å². The van der Waals surface area contributed by atoms with Crippen LogP contribution in [0.15, 0.2) is 41.6 Å². The summed E-state index contributed by atoms with van der Waals surface area (Å²) in [6.07, 6.45) is 3.96. The Bertz CT molecular complexity index is 714. The maximum atomic E-state index is 12.6. The Hall–Kier alpha value is -1.21. The largest absolute Gasteiger partial charge is 0.329 e. The smallest absolute Gasteiger partial charge is 0.241 e. The van der Waals surface area contributed by atoms with Crippen LogP contribution in [0.25, 0.3) is 10.8 Å². The molecule has 0 bridgehead atoms. The van der Waals surface area contributed by atoms with Crippen molar-refractivity contribution in [3.63, 3.8) is 0 Å². The molecule has 1 heterocycles. The fraction of sp³-hybridized carbons (Fsp3) is 0.400. The minimum atomic E-state index is -3.60. The van der Waals surface area contributed by atoms with E-state index in [0.29, 0.717) is 17.7 Å². The van der Waals surface area contributed by atoms with Gasteiger partial charge in [0, 0.05) is 35.8 Å². The summed E-state index contributed by atoms with van der Waals surface area (Å²) in [5.41, 5.74) is 5.68. The molecule has 0 aliphatic carbocycles. The molecule has 0 fully saturated rings. The third-order valence-electron chi connectivity index (χ3n) is 3.29. The number of pyridine rings is 1. The van der Waals surface area contributed by atoms with Crippen molar-refractivity contribution < 1.29 is 8.42 Å². The average molecular weight is 344 g/mol. The van der Waals surface area contributed by atoms with Crippen molar-refractivity contribution in [3.05, 3.63) is 36.7 Å². The third-order valence-corrected chi connectivity index (χ3v) is 4.87. The number of aromatic nitrogens is 1. The molecule has 1 aromatic heterocycles. The van der Waals surface area contributed by atoms with E-state index >= 15 is 0 Å². The maximum Gasteiger partial charge on any atom is 0.241 e. The van der Waals surface area contributed by atoms with Crippen molar-refractivity contribution in [2.75, 3.05) is 6.54 Å². The standard InChI is InChI=1S/C15H21N3O2S.ClH/c1-11(2)8-13(9-16)18-21(19,20)15-5-3-4-12-10-17-7-6-14(12)15;/h3-7,10-11,13,18H,8-9,16H2,1-2H3;1H. The number of nitrogens with two attached hydrogens (primary N) is 1. The van der Waals surface area contributed by atoms with Crippen LogP contribution in [0.5, 0.6) is 0 Å². The van der Waals surface area contributed by atoms with Crippen LogP contribution in [-0.2, 0) is 10.0 Å². The third kappa shape index (κ3) is 4.39. The lowest BCUT2D eigenvalue weighted by Gasteiger charge is -2.19. The van der Waals surface area contributed by atoms with Crippen LogP contribution < -0.4 is 10.5 Å². The molecule has 22 heavy (non-hydrogen) atoms. The number of nitrogens with one attached hydrogen (secondary N) is 1. The number of benzene rings is 1. The zero-order valence-electron chi connectivity index (χ0n) is 12.7. The predicted octanol–water partition coefficient (Wildman–Crippen LogP) is 2.31. The molecular formula is C15H22ClN3O2S. The van der Waals surface area contributed by atoms with Gasteiger partial charge in [-0.3, -0.25) is 4.98 Å². The molecule has 1 unspecified atom stereocenters. The number of fused-ring (bicyclic) bond motifs is 1. The molecule has 0 aliphatic heterocycles. The molecule has 0 saturated carbocycles. The highest BCUT2D eigenvalue weighted by atomic mass is 35.5. The van der Waals surface area contributed by atoms with E-state index in [0.717, 1.165) is 5.39 Å². The van der Waals surface area contributed by atoms with Crippen molar-refractivity contribution in [2.45, 2.75) is 31.2 Å². The first-order valence-corrected chi connectivity index (χ1v) is 8.47. The second-order valence-electron chi connectivity index (χ2n) is 5.54. The molecule has 2 rings (SSSR count). The number of hydrogen-bond donors (Lipinski definition) is 2. The molecular weight excluding hydrogens is 322 g/mol. The van der Waals surface area contributed by atoms with E-state index < -0.39 is 10.0 Å². The van der Waals surface area contributed by atoms with E-state index in [9.17, 15) is 8.42 Å². The van der Waals surface area contributed by atoms with Crippen molar-refractivity contribution in [2.24, 2.45) is 11.7 Å². The summed E-state index contributed by atoms with van der Waals surface area (Å²) in [7, 11) is -3.60.